The van der Waals surface area contributed by atoms with Crippen LogP contribution in [-0.4, -0.2) is 83.9 Å². The number of carbonyl (C=O) groups excluding carboxylic acids is 2. The van der Waals surface area contributed by atoms with Gasteiger partial charge in [0.15, 0.2) is 17.9 Å². The summed E-state index contributed by atoms with van der Waals surface area (Å²) in [7, 11) is 0.337. The highest BCUT2D eigenvalue weighted by atomic mass is 31.1. The second-order valence-electron chi connectivity index (χ2n) is 9.76. The maximum absolute atomic E-state index is 15.6. The van der Waals surface area contributed by atoms with Crippen molar-refractivity contribution >= 4 is 25.9 Å². The minimum Gasteiger partial charge on any atom is -0.575 e. The Hall–Kier alpha value is -3.72. The van der Waals surface area contributed by atoms with Crippen LogP contribution in [0.2, 0.25) is 0 Å². The molecule has 1 saturated heterocycles. The van der Waals surface area contributed by atoms with Crippen molar-refractivity contribution in [2.24, 2.45) is 4.74 Å². The Morgan fingerprint density at radius 3 is 2.52 bits per heavy atom. The lowest BCUT2D eigenvalue weighted by Gasteiger charge is -2.25. The fourth-order valence-electron chi connectivity index (χ4n) is 3.73. The Morgan fingerprint density at radius 2 is 1.90 bits per heavy atom. The molecule has 0 bridgehead atoms. The van der Waals surface area contributed by atoms with Crippen LogP contribution in [0.3, 0.4) is 0 Å². The number of carbonyl (C=O) groups is 2. The van der Waals surface area contributed by atoms with Gasteiger partial charge in [0.2, 0.25) is 12.0 Å². The molecule has 14 nitrogen and oxygen atoms in total. The van der Waals surface area contributed by atoms with E-state index in [2.05, 4.69) is 9.73 Å². The van der Waals surface area contributed by atoms with Crippen LogP contribution in [-0.2, 0) is 23.8 Å². The SMILES string of the molecule is CC(C)OC(=O)[C@H](C)N=[P+]([O-])Oc1ccccc1OC[C@H]1O[C@@H](n2ccc(N)nc2=O)C(F)(F)[C@H]1OC(=O)CN(C)C. The molecule has 0 spiro atoms. The van der Waals surface area contributed by atoms with Gasteiger partial charge in [0, 0.05) is 6.20 Å². The second kappa shape index (κ2) is 14.0. The number of nitrogens with two attached hydrogens (primary N) is 1. The minimum absolute atomic E-state index is 0.0338. The summed E-state index contributed by atoms with van der Waals surface area (Å²) >= 11 is 0. The van der Waals surface area contributed by atoms with E-state index in [1.807, 2.05) is 0 Å². The van der Waals surface area contributed by atoms with Crippen LogP contribution in [0.4, 0.5) is 14.6 Å². The summed E-state index contributed by atoms with van der Waals surface area (Å²) in [5.74, 6) is -5.84. The summed E-state index contributed by atoms with van der Waals surface area (Å²) in [5, 5.41) is 0. The molecular weight excluding hydrogens is 583 g/mol. The molecule has 1 aromatic carbocycles. The minimum atomic E-state index is -3.89. The molecule has 230 valence electrons. The molecule has 1 unspecified atom stereocenters. The maximum atomic E-state index is 15.6. The van der Waals surface area contributed by atoms with E-state index in [0.29, 0.717) is 4.57 Å². The van der Waals surface area contributed by atoms with Crippen LogP contribution < -0.4 is 25.6 Å². The van der Waals surface area contributed by atoms with Gasteiger partial charge in [-0.25, -0.2) is 9.59 Å². The molecule has 0 radical (unpaired) electrons. The third-order valence-electron chi connectivity index (χ3n) is 5.55. The largest absolute Gasteiger partial charge is 0.575 e. The number of ether oxygens (including phenoxy) is 4. The number of hydrogen-bond donors (Lipinski definition) is 1. The van der Waals surface area contributed by atoms with Gasteiger partial charge in [-0.15, -0.1) is 0 Å². The highest BCUT2D eigenvalue weighted by Gasteiger charge is 2.62. The molecule has 2 heterocycles. The quantitative estimate of drug-likeness (QED) is 0.269. The summed E-state index contributed by atoms with van der Waals surface area (Å²) in [5.41, 5.74) is 4.37. The van der Waals surface area contributed by atoms with E-state index in [4.69, 9.17) is 29.2 Å². The van der Waals surface area contributed by atoms with Crippen LogP contribution in [0.15, 0.2) is 46.1 Å². The first-order valence-corrected chi connectivity index (χ1v) is 13.8. The standard InChI is InChI=1S/C25H32F2N5O9P/c1-14(2)38-22(34)15(3)30-42(36)41-17-9-7-6-8-16(17)37-13-18-21(40-20(33)12-31(4)5)25(26,27)23(39-18)32-11-10-19(28)29-24(32)35/h6-11,14-15,18,21,23H,12-13H2,1-5H3,(H2,28,29,35)/t15-,18+,21-,23+/m0/s1. The molecular formula is C25H32F2N5O9P. The molecule has 17 heteroatoms. The van der Waals surface area contributed by atoms with E-state index < -0.39 is 68.9 Å². The summed E-state index contributed by atoms with van der Waals surface area (Å²) in [6, 6.07) is 5.91. The van der Waals surface area contributed by atoms with Crippen molar-refractivity contribution < 1.29 is 46.7 Å². The molecule has 0 amide bonds. The Bertz CT molecular complexity index is 1360. The number of esters is 2. The van der Waals surface area contributed by atoms with Gasteiger partial charge >= 0.3 is 31.7 Å². The Morgan fingerprint density at radius 1 is 1.24 bits per heavy atom. The first-order valence-electron chi connectivity index (χ1n) is 12.7. The maximum Gasteiger partial charge on any atom is 0.395 e. The third-order valence-corrected chi connectivity index (χ3v) is 6.43. The van der Waals surface area contributed by atoms with E-state index in [-0.39, 0.29) is 23.9 Å². The predicted octanol–water partition coefficient (Wildman–Crippen LogP) is 1.49. The first kappa shape index (κ1) is 32.8. The van der Waals surface area contributed by atoms with Crippen molar-refractivity contribution in [3.05, 3.63) is 47.0 Å². The van der Waals surface area contributed by atoms with Crippen molar-refractivity contribution in [1.29, 1.82) is 0 Å². The van der Waals surface area contributed by atoms with Crippen LogP contribution in [0, 0.1) is 0 Å². The van der Waals surface area contributed by atoms with Crippen LogP contribution >= 0.6 is 8.17 Å². The number of likely N-dealkylation sites (N-methyl/N-ethyl adjacent to an activating group) is 1. The number of halogens is 2. The van der Waals surface area contributed by atoms with E-state index in [9.17, 15) is 19.3 Å². The van der Waals surface area contributed by atoms with Crippen LogP contribution in [0.5, 0.6) is 11.5 Å². The summed E-state index contributed by atoms with van der Waals surface area (Å²) < 4.78 is 62.2. The lowest BCUT2D eigenvalue weighted by Crippen LogP contribution is -2.46. The highest BCUT2D eigenvalue weighted by molar-refractivity contribution is 7.34. The van der Waals surface area contributed by atoms with E-state index in [1.54, 1.807) is 27.9 Å². The monoisotopic (exact) mass is 615 g/mol. The molecule has 1 aliphatic rings. The zero-order valence-corrected chi connectivity index (χ0v) is 24.4. The van der Waals surface area contributed by atoms with Gasteiger partial charge in [-0.2, -0.15) is 13.8 Å². The van der Waals surface area contributed by atoms with Crippen molar-refractivity contribution in [1.82, 2.24) is 14.5 Å². The molecule has 5 atom stereocenters. The number of nitrogen functional groups attached to an aromatic ring is 1. The Balaban J connectivity index is 1.83. The average Bonchev–Trinajstić information content (AvgIpc) is 3.11. The van der Waals surface area contributed by atoms with Gasteiger partial charge in [-0.05, 0) is 53.1 Å². The number of alkyl halides is 2. The third kappa shape index (κ3) is 8.41. The molecule has 2 N–H and O–H groups in total. The first-order chi connectivity index (χ1) is 19.7. The van der Waals surface area contributed by atoms with E-state index in [1.165, 1.54) is 36.1 Å². The summed E-state index contributed by atoms with van der Waals surface area (Å²) in [6.07, 6.45) is -5.33. The van der Waals surface area contributed by atoms with Crippen LogP contribution in [0.1, 0.15) is 27.0 Å². The molecule has 3 rings (SSSR count). The molecule has 1 aromatic heterocycles. The number of para-hydroxylation sites is 2. The Kier molecular flexibility index (Phi) is 10.9. The molecule has 0 aliphatic carbocycles. The van der Waals surface area contributed by atoms with E-state index >= 15 is 8.78 Å². The zero-order chi connectivity index (χ0) is 31.2. The van der Waals surface area contributed by atoms with Crippen molar-refractivity contribution in [2.45, 2.75) is 57.3 Å². The topological polar surface area (TPSA) is 180 Å². The number of hydrogen-bond acceptors (Lipinski definition) is 13. The van der Waals surface area contributed by atoms with Crippen molar-refractivity contribution in [3.8, 4) is 11.5 Å². The number of benzene rings is 1. The van der Waals surface area contributed by atoms with Gasteiger partial charge in [0.05, 0.1) is 12.6 Å². The molecule has 1 fully saturated rings. The molecule has 0 saturated carbocycles. The van der Waals surface area contributed by atoms with Gasteiger partial charge < -0.3 is 29.6 Å². The van der Waals surface area contributed by atoms with Crippen LogP contribution in [0.25, 0.3) is 0 Å². The summed E-state index contributed by atoms with van der Waals surface area (Å²) in [6.45, 7) is 3.79. The average molecular weight is 616 g/mol. The van der Waals surface area contributed by atoms with Crippen molar-refractivity contribution in [2.75, 3.05) is 33.0 Å². The van der Waals surface area contributed by atoms with E-state index in [0.717, 1.165) is 12.3 Å². The number of aromatic nitrogens is 2. The van der Waals surface area contributed by atoms with Gasteiger partial charge in [-0.3, -0.25) is 18.8 Å². The molecule has 1 aliphatic heterocycles. The van der Waals surface area contributed by atoms with Gasteiger partial charge in [-0.1, -0.05) is 16.9 Å². The molecule has 42 heavy (non-hydrogen) atoms. The fourth-order valence-corrected chi connectivity index (χ4v) is 4.48. The number of nitrogens with zero attached hydrogens (tertiary/aromatic N) is 4. The normalized spacial score (nSPS) is 20.8. The number of rotatable bonds is 12. The number of anilines is 1. The van der Waals surface area contributed by atoms with Gasteiger partial charge in [0.1, 0.15) is 18.5 Å². The predicted molar refractivity (Wildman–Crippen MR) is 143 cm³/mol. The lowest BCUT2D eigenvalue weighted by molar-refractivity contribution is -0.177. The molecule has 2 aromatic rings. The van der Waals surface area contributed by atoms with Crippen molar-refractivity contribution in [3.63, 3.8) is 0 Å². The fraction of sp³-hybridized carbons (Fsp3) is 0.520. The smallest absolute Gasteiger partial charge is 0.395 e. The zero-order valence-electron chi connectivity index (χ0n) is 23.5. The Labute approximate surface area is 240 Å². The summed E-state index contributed by atoms with van der Waals surface area (Å²) in [4.78, 5) is 54.0. The highest BCUT2D eigenvalue weighted by Crippen LogP contribution is 2.44. The second-order valence-corrected chi connectivity index (χ2v) is 10.6. The lowest BCUT2D eigenvalue weighted by atomic mass is 10.1. The van der Waals surface area contributed by atoms with Gasteiger partial charge in [0.25, 0.3) is 0 Å².